The molecule has 3 rings (SSSR count). The molecule has 7 heteroatoms. The fraction of sp³-hybridized carbons (Fsp3) is 0.174. The molecule has 0 saturated heterocycles. The molecule has 30 heavy (non-hydrogen) atoms. The Balaban J connectivity index is 1.83. The first kappa shape index (κ1) is 21.4. The monoisotopic (exact) mass is 424 g/mol. The summed E-state index contributed by atoms with van der Waals surface area (Å²) in [4.78, 5) is 12.6. The second kappa shape index (κ2) is 9.00. The minimum Gasteiger partial charge on any atom is -0.497 e. The van der Waals surface area contributed by atoms with Gasteiger partial charge in [0.05, 0.1) is 29.1 Å². The van der Waals surface area contributed by atoms with E-state index in [4.69, 9.17) is 4.74 Å². The summed E-state index contributed by atoms with van der Waals surface area (Å²) in [5.41, 5.74) is 3.12. The minimum absolute atomic E-state index is 0.0485. The Morgan fingerprint density at radius 1 is 0.933 bits per heavy atom. The van der Waals surface area contributed by atoms with E-state index in [1.165, 1.54) is 25.3 Å². The van der Waals surface area contributed by atoms with Gasteiger partial charge in [-0.05, 0) is 49.7 Å². The molecule has 1 amide bonds. The number of methoxy groups -OCH3 is 1. The van der Waals surface area contributed by atoms with Crippen molar-refractivity contribution in [1.82, 2.24) is 0 Å². The van der Waals surface area contributed by atoms with Crippen LogP contribution in [-0.2, 0) is 14.6 Å². The third kappa shape index (κ3) is 4.80. The molecule has 0 radical (unpaired) electrons. The number of nitrogens with one attached hydrogen (secondary N) is 2. The summed E-state index contributed by atoms with van der Waals surface area (Å²) in [5, 5.41) is 5.79. The molecule has 2 N–H and O–H groups in total. The van der Waals surface area contributed by atoms with Gasteiger partial charge < -0.3 is 15.4 Å². The third-order valence-electron chi connectivity index (χ3n) is 4.63. The number of hydrogen-bond acceptors (Lipinski definition) is 5. The van der Waals surface area contributed by atoms with Crippen molar-refractivity contribution < 1.29 is 17.9 Å². The van der Waals surface area contributed by atoms with Crippen molar-refractivity contribution in [2.75, 3.05) is 24.3 Å². The quantitative estimate of drug-likeness (QED) is 0.594. The van der Waals surface area contributed by atoms with E-state index in [1.54, 1.807) is 30.3 Å². The second-order valence-electron chi connectivity index (χ2n) is 6.90. The summed E-state index contributed by atoms with van der Waals surface area (Å²) < 4.78 is 31.5. The third-order valence-corrected chi connectivity index (χ3v) is 6.44. The summed E-state index contributed by atoms with van der Waals surface area (Å²) in [6.07, 6.45) is 0. The van der Waals surface area contributed by atoms with Crippen LogP contribution in [0.5, 0.6) is 5.75 Å². The van der Waals surface area contributed by atoms with Crippen molar-refractivity contribution in [3.05, 3.63) is 77.9 Å². The highest BCUT2D eigenvalue weighted by Gasteiger charge is 2.22. The van der Waals surface area contributed by atoms with Crippen molar-refractivity contribution in [3.8, 4) is 5.75 Å². The molecule has 0 aliphatic rings. The van der Waals surface area contributed by atoms with E-state index in [1.807, 2.05) is 32.0 Å². The molecule has 0 spiro atoms. The molecule has 156 valence electrons. The summed E-state index contributed by atoms with van der Waals surface area (Å²) in [5.74, 6) is 0.135. The van der Waals surface area contributed by atoms with Crippen LogP contribution in [0.4, 0.5) is 11.4 Å². The molecule has 0 saturated carbocycles. The van der Waals surface area contributed by atoms with E-state index in [-0.39, 0.29) is 22.2 Å². The number of carbonyl (C=O) groups is 1. The van der Waals surface area contributed by atoms with E-state index in [9.17, 15) is 13.2 Å². The fourth-order valence-corrected chi connectivity index (χ4v) is 4.52. The van der Waals surface area contributed by atoms with E-state index in [0.29, 0.717) is 11.4 Å². The predicted molar refractivity (Wildman–Crippen MR) is 118 cm³/mol. The number of rotatable bonds is 7. The average Bonchev–Trinajstić information content (AvgIpc) is 2.74. The van der Waals surface area contributed by atoms with Gasteiger partial charge in [0.2, 0.25) is 15.7 Å². The van der Waals surface area contributed by atoms with Gasteiger partial charge in [0.25, 0.3) is 0 Å². The highest BCUT2D eigenvalue weighted by Crippen LogP contribution is 2.31. The zero-order chi connectivity index (χ0) is 21.7. The Labute approximate surface area is 176 Å². The van der Waals surface area contributed by atoms with Gasteiger partial charge in [-0.1, -0.05) is 35.9 Å². The predicted octanol–water partition coefficient (Wildman–Crippen LogP) is 4.20. The molecule has 0 fully saturated rings. The van der Waals surface area contributed by atoms with Crippen LogP contribution in [0.2, 0.25) is 0 Å². The van der Waals surface area contributed by atoms with Gasteiger partial charge in [0, 0.05) is 11.8 Å². The van der Waals surface area contributed by atoms with E-state index in [2.05, 4.69) is 10.6 Å². The number of aryl methyl sites for hydroxylation is 2. The first-order valence-electron chi connectivity index (χ1n) is 9.40. The lowest BCUT2D eigenvalue weighted by Crippen LogP contribution is -2.23. The number of hydrogen-bond donors (Lipinski definition) is 2. The topological polar surface area (TPSA) is 84.5 Å². The number of sulfone groups is 1. The zero-order valence-corrected chi connectivity index (χ0v) is 17.9. The van der Waals surface area contributed by atoms with Crippen molar-refractivity contribution >= 4 is 27.1 Å². The van der Waals surface area contributed by atoms with Crippen molar-refractivity contribution in [1.29, 1.82) is 0 Å². The zero-order valence-electron chi connectivity index (χ0n) is 17.1. The molecule has 0 unspecified atom stereocenters. The first-order chi connectivity index (χ1) is 14.3. The van der Waals surface area contributed by atoms with Gasteiger partial charge in [0.15, 0.2) is 0 Å². The Kier molecular flexibility index (Phi) is 6.42. The number of carbonyl (C=O) groups excluding carboxylic acids is 1. The van der Waals surface area contributed by atoms with E-state index in [0.717, 1.165) is 16.8 Å². The van der Waals surface area contributed by atoms with Crippen LogP contribution < -0.4 is 15.4 Å². The molecule has 0 aliphatic carbocycles. The second-order valence-corrected chi connectivity index (χ2v) is 8.82. The minimum atomic E-state index is -3.79. The number of anilines is 2. The molecule has 0 aliphatic heterocycles. The molecule has 3 aromatic rings. The molecule has 0 atom stereocenters. The number of benzene rings is 3. The lowest BCUT2D eigenvalue weighted by Gasteiger charge is -2.15. The molecule has 6 nitrogen and oxygen atoms in total. The normalized spacial score (nSPS) is 11.0. The Morgan fingerprint density at radius 3 is 2.30 bits per heavy atom. The van der Waals surface area contributed by atoms with Crippen LogP contribution in [-0.4, -0.2) is 28.0 Å². The first-order valence-corrected chi connectivity index (χ1v) is 10.9. The summed E-state index contributed by atoms with van der Waals surface area (Å²) in [6, 6.07) is 18.6. The van der Waals surface area contributed by atoms with Crippen LogP contribution in [0.15, 0.2) is 76.5 Å². The SMILES string of the molecule is COc1ccc(NCC(=O)Nc2ccc(C)cc2C)c(S(=O)(=O)c2ccccc2)c1. The number of amides is 1. The molecule has 0 heterocycles. The smallest absolute Gasteiger partial charge is 0.243 e. The number of ether oxygens (including phenoxy) is 1. The highest BCUT2D eigenvalue weighted by molar-refractivity contribution is 7.91. The van der Waals surface area contributed by atoms with Crippen LogP contribution >= 0.6 is 0 Å². The molecule has 3 aromatic carbocycles. The molecule has 0 bridgehead atoms. The van der Waals surface area contributed by atoms with Crippen LogP contribution in [0.3, 0.4) is 0 Å². The Bertz CT molecular complexity index is 1160. The van der Waals surface area contributed by atoms with E-state index >= 15 is 0 Å². The maximum absolute atomic E-state index is 13.1. The summed E-state index contributed by atoms with van der Waals surface area (Å²) >= 11 is 0. The lowest BCUT2D eigenvalue weighted by atomic mass is 10.1. The van der Waals surface area contributed by atoms with Gasteiger partial charge >= 0.3 is 0 Å². The van der Waals surface area contributed by atoms with Crippen molar-refractivity contribution in [2.24, 2.45) is 0 Å². The largest absolute Gasteiger partial charge is 0.497 e. The van der Waals surface area contributed by atoms with Crippen LogP contribution in [0.25, 0.3) is 0 Å². The van der Waals surface area contributed by atoms with Crippen molar-refractivity contribution in [2.45, 2.75) is 23.6 Å². The highest BCUT2D eigenvalue weighted by atomic mass is 32.2. The summed E-state index contributed by atoms with van der Waals surface area (Å²) in [6.45, 7) is 3.82. The van der Waals surface area contributed by atoms with Gasteiger partial charge in [-0.2, -0.15) is 0 Å². The van der Waals surface area contributed by atoms with Gasteiger partial charge in [-0.15, -0.1) is 0 Å². The molecule has 0 aromatic heterocycles. The van der Waals surface area contributed by atoms with Crippen molar-refractivity contribution in [3.63, 3.8) is 0 Å². The molecular formula is C23H24N2O4S. The standard InChI is InChI=1S/C23H24N2O4S/c1-16-9-11-20(17(2)13-16)25-23(26)15-24-21-12-10-18(29-3)14-22(21)30(27,28)19-7-5-4-6-8-19/h4-14,24H,15H2,1-3H3,(H,25,26). The van der Waals surface area contributed by atoms with Gasteiger partial charge in [0.1, 0.15) is 5.75 Å². The maximum atomic E-state index is 13.1. The molecular weight excluding hydrogens is 400 g/mol. The van der Waals surface area contributed by atoms with Gasteiger partial charge in [-0.25, -0.2) is 8.42 Å². The van der Waals surface area contributed by atoms with Gasteiger partial charge in [-0.3, -0.25) is 4.79 Å². The lowest BCUT2D eigenvalue weighted by molar-refractivity contribution is -0.114. The Hall–Kier alpha value is -3.32. The maximum Gasteiger partial charge on any atom is 0.243 e. The fourth-order valence-electron chi connectivity index (χ4n) is 3.05. The Morgan fingerprint density at radius 2 is 1.63 bits per heavy atom. The van der Waals surface area contributed by atoms with Crippen LogP contribution in [0.1, 0.15) is 11.1 Å². The van der Waals surface area contributed by atoms with Crippen LogP contribution in [0, 0.1) is 13.8 Å². The average molecular weight is 425 g/mol. The summed E-state index contributed by atoms with van der Waals surface area (Å²) in [7, 11) is -2.32. The van der Waals surface area contributed by atoms with E-state index < -0.39 is 9.84 Å².